The molecule has 2 aromatic carbocycles. The Kier molecular flexibility index (Phi) is 6.42. The van der Waals surface area contributed by atoms with Gasteiger partial charge in [-0.15, -0.1) is 0 Å². The molecule has 0 heterocycles. The van der Waals surface area contributed by atoms with Crippen molar-refractivity contribution in [1.29, 1.82) is 0 Å². The van der Waals surface area contributed by atoms with Gasteiger partial charge in [0.05, 0.1) is 13.2 Å². The number of nitrogens with one attached hydrogen (secondary N) is 1. The van der Waals surface area contributed by atoms with Gasteiger partial charge >= 0.3 is 6.03 Å². The lowest BCUT2D eigenvalue weighted by Crippen LogP contribution is -2.30. The average molecular weight is 342 g/mol. The molecule has 2 rings (SSSR count). The van der Waals surface area contributed by atoms with Crippen LogP contribution in [-0.4, -0.2) is 31.4 Å². The van der Waals surface area contributed by atoms with Crippen molar-refractivity contribution in [2.75, 3.05) is 19.5 Å². The van der Waals surface area contributed by atoms with E-state index in [-0.39, 0.29) is 12.1 Å². The minimum atomic E-state index is -0.345. The molecule has 0 aliphatic rings. The molecule has 0 aliphatic carbocycles. The van der Waals surface area contributed by atoms with E-state index in [1.54, 1.807) is 13.1 Å². The van der Waals surface area contributed by atoms with E-state index < -0.39 is 0 Å². The summed E-state index contributed by atoms with van der Waals surface area (Å²) in [6.07, 6.45) is 0.846. The first-order valence-corrected chi connectivity index (χ1v) is 8.30. The van der Waals surface area contributed by atoms with E-state index in [9.17, 15) is 4.79 Å². The fourth-order valence-electron chi connectivity index (χ4n) is 2.47. The number of benzene rings is 2. The number of amides is 2. The lowest BCUT2D eigenvalue weighted by Gasteiger charge is -2.17. The SMILES string of the molecule is CON(C)C(=O)Nc1cccc(OC(C)Cc2ccc(C)c(C)c2)c1. The number of hydrogen-bond donors (Lipinski definition) is 1. The van der Waals surface area contributed by atoms with Crippen LogP contribution in [0.2, 0.25) is 0 Å². The Labute approximate surface area is 149 Å². The van der Waals surface area contributed by atoms with Gasteiger partial charge in [-0.3, -0.25) is 4.84 Å². The van der Waals surface area contributed by atoms with Crippen molar-refractivity contribution in [3.05, 3.63) is 59.2 Å². The normalized spacial score (nSPS) is 11.7. The fraction of sp³-hybridized carbons (Fsp3) is 0.350. The van der Waals surface area contributed by atoms with Crippen molar-refractivity contribution in [3.63, 3.8) is 0 Å². The highest BCUT2D eigenvalue weighted by Gasteiger charge is 2.10. The molecule has 134 valence electrons. The summed E-state index contributed by atoms with van der Waals surface area (Å²) < 4.78 is 6.00. The van der Waals surface area contributed by atoms with Crippen LogP contribution in [-0.2, 0) is 11.3 Å². The molecular weight excluding hydrogens is 316 g/mol. The van der Waals surface area contributed by atoms with E-state index in [0.29, 0.717) is 11.4 Å². The lowest BCUT2D eigenvalue weighted by atomic mass is 10.0. The minimum Gasteiger partial charge on any atom is -0.490 e. The van der Waals surface area contributed by atoms with Gasteiger partial charge in [0.2, 0.25) is 0 Å². The Morgan fingerprint density at radius 3 is 2.60 bits per heavy atom. The first kappa shape index (κ1) is 18.8. The number of rotatable bonds is 6. The number of aryl methyl sites for hydroxylation is 2. The standard InChI is InChI=1S/C20H26N2O3/c1-14-9-10-17(11-15(14)2)12-16(3)25-19-8-6-7-18(13-19)21-20(23)22(4)24-5/h6-11,13,16H,12H2,1-5H3,(H,21,23). The predicted molar refractivity (Wildman–Crippen MR) is 99.9 cm³/mol. The van der Waals surface area contributed by atoms with Crippen LogP contribution >= 0.6 is 0 Å². The fourth-order valence-corrected chi connectivity index (χ4v) is 2.47. The molecule has 5 nitrogen and oxygen atoms in total. The van der Waals surface area contributed by atoms with Crippen molar-refractivity contribution < 1.29 is 14.4 Å². The maximum absolute atomic E-state index is 11.8. The van der Waals surface area contributed by atoms with Crippen LogP contribution in [0, 0.1) is 13.8 Å². The Morgan fingerprint density at radius 1 is 1.16 bits per heavy atom. The number of ether oxygens (including phenoxy) is 1. The largest absolute Gasteiger partial charge is 0.490 e. The van der Waals surface area contributed by atoms with Gasteiger partial charge in [0.1, 0.15) is 5.75 Å². The number of carbonyl (C=O) groups is 1. The first-order chi connectivity index (χ1) is 11.9. The third-order valence-electron chi connectivity index (χ3n) is 4.08. The highest BCUT2D eigenvalue weighted by atomic mass is 16.7. The molecule has 5 heteroatoms. The molecule has 0 saturated heterocycles. The molecule has 0 bridgehead atoms. The Bertz CT molecular complexity index is 731. The minimum absolute atomic E-state index is 0.0229. The van der Waals surface area contributed by atoms with Crippen LogP contribution in [0.1, 0.15) is 23.6 Å². The van der Waals surface area contributed by atoms with E-state index in [1.165, 1.54) is 23.8 Å². The number of hydrogen-bond acceptors (Lipinski definition) is 3. The second-order valence-corrected chi connectivity index (χ2v) is 6.19. The molecule has 2 amide bonds. The van der Waals surface area contributed by atoms with Crippen molar-refractivity contribution in [1.82, 2.24) is 5.06 Å². The monoisotopic (exact) mass is 342 g/mol. The zero-order valence-corrected chi connectivity index (χ0v) is 15.5. The molecule has 0 radical (unpaired) electrons. The molecule has 25 heavy (non-hydrogen) atoms. The van der Waals surface area contributed by atoms with Crippen LogP contribution in [0.25, 0.3) is 0 Å². The number of anilines is 1. The van der Waals surface area contributed by atoms with Crippen molar-refractivity contribution in [2.24, 2.45) is 0 Å². The maximum Gasteiger partial charge on any atom is 0.345 e. The molecule has 1 N–H and O–H groups in total. The highest BCUT2D eigenvalue weighted by Crippen LogP contribution is 2.20. The van der Waals surface area contributed by atoms with E-state index in [4.69, 9.17) is 9.57 Å². The van der Waals surface area contributed by atoms with Gasteiger partial charge in [0, 0.05) is 25.2 Å². The predicted octanol–water partition coefficient (Wildman–Crippen LogP) is 4.34. The Morgan fingerprint density at radius 2 is 1.92 bits per heavy atom. The maximum atomic E-state index is 11.8. The molecule has 0 fully saturated rings. The van der Waals surface area contributed by atoms with Gasteiger partial charge in [0.15, 0.2) is 0 Å². The topological polar surface area (TPSA) is 50.8 Å². The number of carbonyl (C=O) groups excluding carboxylic acids is 1. The van der Waals surface area contributed by atoms with Crippen LogP contribution in [0.4, 0.5) is 10.5 Å². The van der Waals surface area contributed by atoms with E-state index in [1.807, 2.05) is 25.1 Å². The molecule has 1 unspecified atom stereocenters. The Balaban J connectivity index is 1.98. The zero-order chi connectivity index (χ0) is 18.4. The van der Waals surface area contributed by atoms with Crippen LogP contribution in [0.3, 0.4) is 0 Å². The first-order valence-electron chi connectivity index (χ1n) is 8.30. The average Bonchev–Trinajstić information content (AvgIpc) is 2.57. The zero-order valence-electron chi connectivity index (χ0n) is 15.5. The number of urea groups is 1. The lowest BCUT2D eigenvalue weighted by molar-refractivity contribution is -0.0598. The quantitative estimate of drug-likeness (QED) is 0.795. The summed E-state index contributed by atoms with van der Waals surface area (Å²) in [5, 5.41) is 3.87. The van der Waals surface area contributed by atoms with Crippen LogP contribution in [0.15, 0.2) is 42.5 Å². The number of nitrogens with zero attached hydrogens (tertiary/aromatic N) is 1. The summed E-state index contributed by atoms with van der Waals surface area (Å²) in [6.45, 7) is 6.27. The van der Waals surface area contributed by atoms with Gasteiger partial charge in [-0.25, -0.2) is 9.86 Å². The van der Waals surface area contributed by atoms with Gasteiger partial charge in [0.25, 0.3) is 0 Å². The number of hydroxylamine groups is 2. The Hall–Kier alpha value is -2.53. The van der Waals surface area contributed by atoms with Gasteiger partial charge < -0.3 is 10.1 Å². The van der Waals surface area contributed by atoms with Crippen molar-refractivity contribution >= 4 is 11.7 Å². The third-order valence-corrected chi connectivity index (χ3v) is 4.08. The van der Waals surface area contributed by atoms with Gasteiger partial charge in [-0.2, -0.15) is 0 Å². The second kappa shape index (κ2) is 8.53. The molecule has 1 atom stereocenters. The van der Waals surface area contributed by atoms with Crippen molar-refractivity contribution in [3.8, 4) is 5.75 Å². The molecule has 0 spiro atoms. The summed E-state index contributed by atoms with van der Waals surface area (Å²) in [5.74, 6) is 0.717. The highest BCUT2D eigenvalue weighted by molar-refractivity contribution is 5.88. The second-order valence-electron chi connectivity index (χ2n) is 6.19. The van der Waals surface area contributed by atoms with E-state index in [2.05, 4.69) is 37.4 Å². The molecule has 0 aliphatic heterocycles. The summed E-state index contributed by atoms with van der Waals surface area (Å²) in [7, 11) is 2.98. The summed E-state index contributed by atoms with van der Waals surface area (Å²) in [6, 6.07) is 13.5. The molecule has 0 aromatic heterocycles. The molecular formula is C20H26N2O3. The van der Waals surface area contributed by atoms with E-state index in [0.717, 1.165) is 11.5 Å². The molecule has 0 saturated carbocycles. The van der Waals surface area contributed by atoms with Crippen molar-refractivity contribution in [2.45, 2.75) is 33.3 Å². The molecule has 2 aromatic rings. The van der Waals surface area contributed by atoms with Gasteiger partial charge in [-0.05, 0) is 49.6 Å². The summed E-state index contributed by atoms with van der Waals surface area (Å²) in [5.41, 5.74) is 4.49. The summed E-state index contributed by atoms with van der Waals surface area (Å²) in [4.78, 5) is 16.7. The van der Waals surface area contributed by atoms with Crippen LogP contribution < -0.4 is 10.1 Å². The summed E-state index contributed by atoms with van der Waals surface area (Å²) >= 11 is 0. The van der Waals surface area contributed by atoms with Gasteiger partial charge in [-0.1, -0.05) is 24.3 Å². The third kappa shape index (κ3) is 5.50. The van der Waals surface area contributed by atoms with Crippen LogP contribution in [0.5, 0.6) is 5.75 Å². The van der Waals surface area contributed by atoms with E-state index >= 15 is 0 Å². The smallest absolute Gasteiger partial charge is 0.345 e.